The molecular weight excluding hydrogens is 624 g/mol. The summed E-state index contributed by atoms with van der Waals surface area (Å²) in [4.78, 5) is 41.4. The predicted octanol–water partition coefficient (Wildman–Crippen LogP) is 6.99. The number of carbonyl (C=O) groups is 3. The van der Waals surface area contributed by atoms with Crippen molar-refractivity contribution in [3.8, 4) is 17.2 Å². The minimum absolute atomic E-state index is 0.0149. The van der Waals surface area contributed by atoms with Crippen molar-refractivity contribution in [3.05, 3.63) is 69.4 Å². The zero-order valence-electron chi connectivity index (χ0n) is 29.8. The number of benzene rings is 1. The van der Waals surface area contributed by atoms with Gasteiger partial charge in [0.2, 0.25) is 0 Å². The number of hydrogen-bond donors (Lipinski definition) is 3. The molecule has 6 rings (SSSR count). The van der Waals surface area contributed by atoms with Crippen LogP contribution in [-0.2, 0) is 20.7 Å². The Hall–Kier alpha value is -3.95. The zero-order chi connectivity index (χ0) is 35.9. The molecule has 262 valence electrons. The first-order valence-electron chi connectivity index (χ1n) is 17.2. The number of ether oxygens (including phenoxy) is 3. The maximum Gasteiger partial charge on any atom is 0.333 e. The number of hydrogen-bond acceptors (Lipinski definition) is 8. The van der Waals surface area contributed by atoms with Gasteiger partial charge in [-0.3, -0.25) is 9.59 Å². The smallest absolute Gasteiger partial charge is 0.333 e. The molecular formula is C40H48O9. The number of fused-ring (bicyclic) bond motifs is 3. The summed E-state index contributed by atoms with van der Waals surface area (Å²) in [6.45, 7) is 14.9. The Balaban J connectivity index is 1.60. The number of allylic oxidation sites excluding steroid dienone is 5. The molecule has 9 nitrogen and oxygen atoms in total. The van der Waals surface area contributed by atoms with Gasteiger partial charge in [0.1, 0.15) is 39.4 Å². The number of phenols is 1. The number of aliphatic hydroxyl groups is 1. The van der Waals surface area contributed by atoms with Crippen molar-refractivity contribution in [2.45, 2.75) is 116 Å². The highest BCUT2D eigenvalue weighted by Gasteiger charge is 2.96. The van der Waals surface area contributed by atoms with Gasteiger partial charge >= 0.3 is 5.97 Å². The normalized spacial score (nSPS) is 31.8. The molecule has 3 N–H and O–H groups in total. The molecule has 0 radical (unpaired) electrons. The SMILES string of the molecule is CC(C)=CCC[C@]1(C)C=Cc2c(O)c3c(c(CC=C(C)C)c2O1)O[C@@]12C(=C[C@@H]4CCC(C)(C)O[C@@]1(C/C=C(/CO)C(=O)O)C2(C)C4=O)C3=O. The van der Waals surface area contributed by atoms with Crippen molar-refractivity contribution < 1.29 is 43.9 Å². The van der Waals surface area contributed by atoms with E-state index in [0.29, 0.717) is 42.6 Å². The van der Waals surface area contributed by atoms with Crippen molar-refractivity contribution in [2.24, 2.45) is 11.3 Å². The van der Waals surface area contributed by atoms with Crippen LogP contribution in [0.4, 0.5) is 0 Å². The number of aliphatic hydroxyl groups excluding tert-OH is 1. The standard InChI is InChI=1S/C40H48O9/c1-22(2)10-9-16-37(7)18-15-26-30(42)29-31(43)28-20-24-13-17-36(5,6)49-39(19-14-25(21-41)35(45)46)38(8,34(24)44)40(28,39)48-33(29)27(32(26)47-37)12-11-23(3)4/h10-11,14-15,18,20,24,41-42H,9,12-13,16-17,19,21H2,1-8H3,(H,45,46)/b25-14-/t24-,37+,38?,39-,40+/m0/s1. The number of ketones is 2. The number of carboxylic acid groups (broad SMARTS) is 1. The van der Waals surface area contributed by atoms with E-state index in [4.69, 9.17) is 14.2 Å². The summed E-state index contributed by atoms with van der Waals surface area (Å²) in [7, 11) is 0. The maximum atomic E-state index is 14.9. The lowest BCUT2D eigenvalue weighted by atomic mass is 9.73. The Labute approximate surface area is 288 Å². The minimum Gasteiger partial charge on any atom is -0.506 e. The minimum atomic E-state index is -1.62. The van der Waals surface area contributed by atoms with Crippen LogP contribution >= 0.6 is 0 Å². The van der Waals surface area contributed by atoms with Crippen LogP contribution in [-0.4, -0.2) is 61.9 Å². The Morgan fingerprint density at radius 3 is 2.33 bits per heavy atom. The van der Waals surface area contributed by atoms with Crippen molar-refractivity contribution in [3.63, 3.8) is 0 Å². The number of Topliss-reactive ketones (excluding diaryl/α,β-unsaturated/α-hetero) is 2. The van der Waals surface area contributed by atoms with E-state index in [1.807, 2.05) is 66.7 Å². The molecule has 3 aliphatic heterocycles. The van der Waals surface area contributed by atoms with Crippen LogP contribution in [0.25, 0.3) is 6.08 Å². The maximum absolute atomic E-state index is 14.9. The van der Waals surface area contributed by atoms with Gasteiger partial charge in [0.05, 0.1) is 23.3 Å². The van der Waals surface area contributed by atoms with E-state index in [-0.39, 0.29) is 40.4 Å². The fourth-order valence-corrected chi connectivity index (χ4v) is 8.56. The highest BCUT2D eigenvalue weighted by atomic mass is 16.6. The average Bonchev–Trinajstić information content (AvgIpc) is 3.43. The average molecular weight is 673 g/mol. The molecule has 1 aromatic carbocycles. The Kier molecular flexibility index (Phi) is 8.23. The van der Waals surface area contributed by atoms with Crippen LogP contribution in [0.1, 0.15) is 109 Å². The quantitative estimate of drug-likeness (QED) is 0.187. The van der Waals surface area contributed by atoms with Gasteiger partial charge < -0.3 is 29.5 Å². The lowest BCUT2D eigenvalue weighted by Crippen LogP contribution is -2.46. The summed E-state index contributed by atoms with van der Waals surface area (Å²) in [5.41, 5.74) is -2.75. The zero-order valence-corrected chi connectivity index (χ0v) is 29.8. The molecule has 2 bridgehead atoms. The first-order chi connectivity index (χ1) is 22.9. The summed E-state index contributed by atoms with van der Waals surface area (Å²) >= 11 is 0. The highest BCUT2D eigenvalue weighted by molar-refractivity contribution is 6.20. The second kappa shape index (κ2) is 11.6. The third-order valence-corrected chi connectivity index (χ3v) is 11.3. The monoisotopic (exact) mass is 672 g/mol. The Morgan fingerprint density at radius 1 is 1.00 bits per heavy atom. The van der Waals surface area contributed by atoms with Crippen LogP contribution in [0.5, 0.6) is 17.2 Å². The first-order valence-corrected chi connectivity index (χ1v) is 17.2. The van der Waals surface area contributed by atoms with E-state index >= 15 is 0 Å². The molecule has 49 heavy (non-hydrogen) atoms. The number of rotatable bonds is 9. The molecule has 2 fully saturated rings. The van der Waals surface area contributed by atoms with Crippen molar-refractivity contribution in [1.82, 2.24) is 0 Å². The molecule has 1 saturated heterocycles. The number of aliphatic carboxylic acids is 1. The molecule has 5 atom stereocenters. The summed E-state index contributed by atoms with van der Waals surface area (Å²) in [6, 6.07) is 0. The fraction of sp³-hybridized carbons (Fsp3) is 0.525. The second-order valence-electron chi connectivity index (χ2n) is 15.7. The molecule has 1 spiro atoms. The van der Waals surface area contributed by atoms with Gasteiger partial charge in [0.25, 0.3) is 0 Å². The van der Waals surface area contributed by atoms with Gasteiger partial charge in [-0.25, -0.2) is 4.79 Å². The van der Waals surface area contributed by atoms with Crippen LogP contribution in [0.3, 0.4) is 0 Å². The summed E-state index contributed by atoms with van der Waals surface area (Å²) in [5.74, 6) is -2.18. The van der Waals surface area contributed by atoms with Gasteiger partial charge in [0.15, 0.2) is 17.2 Å². The third kappa shape index (κ3) is 4.98. The number of phenolic OH excluding ortho intramolecular Hbond substituents is 1. The van der Waals surface area contributed by atoms with Crippen LogP contribution < -0.4 is 9.47 Å². The van der Waals surface area contributed by atoms with E-state index in [2.05, 4.69) is 6.08 Å². The number of carboxylic acids is 1. The molecule has 3 heterocycles. The molecule has 1 aromatic rings. The number of aromatic hydroxyl groups is 1. The molecule has 1 unspecified atom stereocenters. The van der Waals surface area contributed by atoms with E-state index in [1.165, 1.54) is 11.6 Å². The largest absolute Gasteiger partial charge is 0.506 e. The molecule has 5 aliphatic rings. The summed E-state index contributed by atoms with van der Waals surface area (Å²) < 4.78 is 20.8. The van der Waals surface area contributed by atoms with Gasteiger partial charge in [-0.15, -0.1) is 0 Å². The van der Waals surface area contributed by atoms with E-state index in [9.17, 15) is 29.7 Å². The lowest BCUT2D eigenvalue weighted by Gasteiger charge is -2.39. The van der Waals surface area contributed by atoms with Crippen molar-refractivity contribution >= 4 is 23.6 Å². The molecule has 1 saturated carbocycles. The fourth-order valence-electron chi connectivity index (χ4n) is 8.56. The van der Waals surface area contributed by atoms with E-state index in [0.717, 1.165) is 12.0 Å². The van der Waals surface area contributed by atoms with Gasteiger partial charge in [-0.1, -0.05) is 35.5 Å². The topological polar surface area (TPSA) is 140 Å². The molecule has 2 aliphatic carbocycles. The van der Waals surface area contributed by atoms with Crippen LogP contribution in [0.15, 0.2) is 52.7 Å². The molecule has 0 amide bonds. The molecule has 9 heteroatoms. The summed E-state index contributed by atoms with van der Waals surface area (Å²) in [6.07, 6.45) is 13.6. The van der Waals surface area contributed by atoms with E-state index < -0.39 is 52.1 Å². The van der Waals surface area contributed by atoms with Crippen LogP contribution in [0, 0.1) is 11.3 Å². The first kappa shape index (κ1) is 34.9. The lowest BCUT2D eigenvalue weighted by molar-refractivity contribution is -0.147. The van der Waals surface area contributed by atoms with Gasteiger partial charge in [-0.05, 0) is 99.6 Å². The summed E-state index contributed by atoms with van der Waals surface area (Å²) in [5, 5.41) is 31.5. The second-order valence-corrected chi connectivity index (χ2v) is 15.7. The molecule has 0 aromatic heterocycles. The van der Waals surface area contributed by atoms with Gasteiger partial charge in [-0.2, -0.15) is 0 Å². The van der Waals surface area contributed by atoms with E-state index in [1.54, 1.807) is 13.0 Å². The Morgan fingerprint density at radius 2 is 1.69 bits per heavy atom. The van der Waals surface area contributed by atoms with Crippen LogP contribution in [0.2, 0.25) is 0 Å². The third-order valence-electron chi connectivity index (χ3n) is 11.3. The van der Waals surface area contributed by atoms with Crippen molar-refractivity contribution in [1.29, 1.82) is 0 Å². The van der Waals surface area contributed by atoms with Gasteiger partial charge in [0, 0.05) is 23.5 Å². The predicted molar refractivity (Wildman–Crippen MR) is 185 cm³/mol. The highest BCUT2D eigenvalue weighted by Crippen LogP contribution is 2.79. The van der Waals surface area contributed by atoms with Crippen molar-refractivity contribution in [2.75, 3.05) is 6.61 Å². The number of carbonyl (C=O) groups excluding carboxylic acids is 2. The Bertz CT molecular complexity index is 1810.